The van der Waals surface area contributed by atoms with E-state index in [2.05, 4.69) is 4.98 Å². The average molecular weight is 212 g/mol. The molecule has 0 aliphatic heterocycles. The van der Waals surface area contributed by atoms with Crippen molar-refractivity contribution in [1.82, 2.24) is 4.98 Å². The Kier molecular flexibility index (Phi) is 2.59. The third-order valence-electron chi connectivity index (χ3n) is 2.29. The van der Waals surface area contributed by atoms with Crippen LogP contribution in [0.2, 0.25) is 0 Å². The molecule has 82 valence electrons. The molecule has 0 spiro atoms. The molecule has 0 amide bonds. The molecule has 1 aromatic rings. The lowest BCUT2D eigenvalue weighted by atomic mass is 10.5. The van der Waals surface area contributed by atoms with Crippen LogP contribution in [0.5, 0.6) is 0 Å². The van der Waals surface area contributed by atoms with Gasteiger partial charge in [0.1, 0.15) is 6.26 Å². The molecular weight excluding hydrogens is 200 g/mol. The summed E-state index contributed by atoms with van der Waals surface area (Å²) in [6, 6.07) is 0.612. The summed E-state index contributed by atoms with van der Waals surface area (Å²) in [4.78, 5) is 16.2. The zero-order valence-corrected chi connectivity index (χ0v) is 8.09. The lowest BCUT2D eigenvalue weighted by Gasteiger charge is -2.18. The maximum absolute atomic E-state index is 10.6. The van der Waals surface area contributed by atoms with Crippen LogP contribution in [0.4, 0.5) is 6.01 Å². The fraction of sp³-hybridized carbons (Fsp3) is 0.556. The first kappa shape index (κ1) is 9.97. The third-order valence-corrected chi connectivity index (χ3v) is 2.29. The van der Waals surface area contributed by atoms with Gasteiger partial charge in [-0.3, -0.25) is 0 Å². The molecule has 0 saturated heterocycles. The van der Waals surface area contributed by atoms with E-state index in [-0.39, 0.29) is 18.3 Å². The highest BCUT2D eigenvalue weighted by Gasteiger charge is 2.31. The smallest absolute Gasteiger partial charge is 0.357 e. The van der Waals surface area contributed by atoms with Crippen molar-refractivity contribution in [2.45, 2.75) is 18.9 Å². The molecule has 6 nitrogen and oxygen atoms in total. The van der Waals surface area contributed by atoms with Crippen LogP contribution in [0.1, 0.15) is 23.3 Å². The third kappa shape index (κ3) is 2.10. The van der Waals surface area contributed by atoms with Crippen molar-refractivity contribution in [3.05, 3.63) is 12.0 Å². The predicted molar refractivity (Wildman–Crippen MR) is 50.9 cm³/mol. The highest BCUT2D eigenvalue weighted by Crippen LogP contribution is 2.30. The molecule has 15 heavy (non-hydrogen) atoms. The number of carboxylic acid groups (broad SMARTS) is 1. The number of rotatable bonds is 5. The van der Waals surface area contributed by atoms with Crippen LogP contribution in [0.25, 0.3) is 0 Å². The number of aromatic nitrogens is 1. The summed E-state index contributed by atoms with van der Waals surface area (Å²) in [7, 11) is 0. The topological polar surface area (TPSA) is 86.8 Å². The summed E-state index contributed by atoms with van der Waals surface area (Å²) in [5, 5.41) is 17.5. The van der Waals surface area contributed by atoms with Gasteiger partial charge in [-0.15, -0.1) is 0 Å². The number of carbonyl (C=O) groups is 1. The van der Waals surface area contributed by atoms with Crippen LogP contribution in [-0.2, 0) is 0 Å². The van der Waals surface area contributed by atoms with Crippen molar-refractivity contribution in [3.63, 3.8) is 0 Å². The van der Waals surface area contributed by atoms with Gasteiger partial charge < -0.3 is 19.5 Å². The lowest BCUT2D eigenvalue weighted by Crippen LogP contribution is -2.29. The average Bonchev–Trinajstić information content (AvgIpc) is 2.91. The van der Waals surface area contributed by atoms with Gasteiger partial charge in [-0.25, -0.2) is 4.79 Å². The van der Waals surface area contributed by atoms with Gasteiger partial charge in [-0.05, 0) is 12.8 Å². The molecule has 1 aromatic heterocycles. The second kappa shape index (κ2) is 3.90. The van der Waals surface area contributed by atoms with Gasteiger partial charge >= 0.3 is 5.97 Å². The maximum Gasteiger partial charge on any atom is 0.357 e. The molecule has 1 fully saturated rings. The largest absolute Gasteiger partial charge is 0.476 e. The van der Waals surface area contributed by atoms with Gasteiger partial charge in [0.15, 0.2) is 5.69 Å². The van der Waals surface area contributed by atoms with E-state index in [1.807, 2.05) is 0 Å². The number of carboxylic acids is 1. The quantitative estimate of drug-likeness (QED) is 0.731. The van der Waals surface area contributed by atoms with Crippen LogP contribution in [0.15, 0.2) is 10.7 Å². The SMILES string of the molecule is O=C(O)c1coc(N(CCO)C2CC2)n1. The van der Waals surface area contributed by atoms with E-state index in [9.17, 15) is 4.79 Å². The van der Waals surface area contributed by atoms with Crippen molar-refractivity contribution >= 4 is 12.0 Å². The molecular formula is C9H12N2O4. The highest BCUT2D eigenvalue weighted by atomic mass is 16.4. The van der Waals surface area contributed by atoms with Crippen molar-refractivity contribution in [2.75, 3.05) is 18.1 Å². The Bertz CT molecular complexity index is 359. The molecule has 0 unspecified atom stereocenters. The molecule has 1 saturated carbocycles. The molecule has 2 rings (SSSR count). The van der Waals surface area contributed by atoms with E-state index in [1.54, 1.807) is 4.90 Å². The van der Waals surface area contributed by atoms with Crippen molar-refractivity contribution in [3.8, 4) is 0 Å². The zero-order chi connectivity index (χ0) is 10.8. The second-order valence-corrected chi connectivity index (χ2v) is 3.47. The first-order chi connectivity index (χ1) is 7.22. The fourth-order valence-corrected chi connectivity index (χ4v) is 1.42. The molecule has 2 N–H and O–H groups in total. The minimum Gasteiger partial charge on any atom is -0.476 e. The van der Waals surface area contributed by atoms with Gasteiger partial charge in [0, 0.05) is 12.6 Å². The fourth-order valence-electron chi connectivity index (χ4n) is 1.42. The van der Waals surface area contributed by atoms with Crippen LogP contribution >= 0.6 is 0 Å². The number of aromatic carboxylic acids is 1. The Hall–Kier alpha value is -1.56. The minimum absolute atomic E-state index is 0.00127. The molecule has 0 radical (unpaired) electrons. The zero-order valence-electron chi connectivity index (χ0n) is 8.09. The van der Waals surface area contributed by atoms with Gasteiger partial charge in [0.25, 0.3) is 6.01 Å². The molecule has 1 heterocycles. The number of oxazole rings is 1. The summed E-state index contributed by atoms with van der Waals surface area (Å²) in [6.07, 6.45) is 3.18. The van der Waals surface area contributed by atoms with Crippen molar-refractivity contribution < 1.29 is 19.4 Å². The van der Waals surface area contributed by atoms with Crippen LogP contribution in [0.3, 0.4) is 0 Å². The van der Waals surface area contributed by atoms with Gasteiger partial charge in [0.05, 0.1) is 6.61 Å². The number of aliphatic hydroxyl groups is 1. The van der Waals surface area contributed by atoms with Gasteiger partial charge in [-0.1, -0.05) is 0 Å². The number of aliphatic hydroxyl groups excluding tert-OH is 1. The van der Waals surface area contributed by atoms with Crippen LogP contribution < -0.4 is 4.90 Å². The van der Waals surface area contributed by atoms with E-state index >= 15 is 0 Å². The Balaban J connectivity index is 2.14. The maximum atomic E-state index is 10.6. The summed E-state index contributed by atoms with van der Waals surface area (Å²) >= 11 is 0. The van der Waals surface area contributed by atoms with Gasteiger partial charge in [-0.2, -0.15) is 4.98 Å². The standard InChI is InChI=1S/C9H12N2O4/c12-4-3-11(6-1-2-6)9-10-7(5-15-9)8(13)14/h5-6,12H,1-4H2,(H,13,14). The predicted octanol–water partition coefficient (Wildman–Crippen LogP) is 0.334. The summed E-state index contributed by atoms with van der Waals surface area (Å²) in [6.45, 7) is 0.422. The van der Waals surface area contributed by atoms with Crippen molar-refractivity contribution in [2.24, 2.45) is 0 Å². The highest BCUT2D eigenvalue weighted by molar-refractivity contribution is 5.85. The Labute approximate surface area is 86.1 Å². The Morgan fingerprint density at radius 3 is 2.87 bits per heavy atom. The molecule has 0 atom stereocenters. The molecule has 6 heteroatoms. The Morgan fingerprint density at radius 1 is 1.67 bits per heavy atom. The van der Waals surface area contributed by atoms with Crippen LogP contribution in [0, 0.1) is 0 Å². The van der Waals surface area contributed by atoms with E-state index in [0.717, 1.165) is 19.1 Å². The molecule has 0 aromatic carbocycles. The number of hydrogen-bond donors (Lipinski definition) is 2. The van der Waals surface area contributed by atoms with Crippen LogP contribution in [-0.4, -0.2) is 40.4 Å². The Morgan fingerprint density at radius 2 is 2.40 bits per heavy atom. The van der Waals surface area contributed by atoms with Gasteiger partial charge in [0.2, 0.25) is 0 Å². The monoisotopic (exact) mass is 212 g/mol. The minimum atomic E-state index is -1.11. The number of anilines is 1. The van der Waals surface area contributed by atoms with E-state index in [4.69, 9.17) is 14.6 Å². The normalized spacial score (nSPS) is 15.3. The first-order valence-corrected chi connectivity index (χ1v) is 4.78. The molecule has 1 aliphatic carbocycles. The van der Waals surface area contributed by atoms with E-state index < -0.39 is 5.97 Å². The van der Waals surface area contributed by atoms with E-state index in [0.29, 0.717) is 12.6 Å². The summed E-state index contributed by atoms with van der Waals surface area (Å²) in [5.74, 6) is -1.11. The van der Waals surface area contributed by atoms with E-state index in [1.165, 1.54) is 0 Å². The summed E-state index contributed by atoms with van der Waals surface area (Å²) < 4.78 is 5.06. The second-order valence-electron chi connectivity index (χ2n) is 3.47. The lowest BCUT2D eigenvalue weighted by molar-refractivity contribution is 0.0690. The van der Waals surface area contributed by atoms with Crippen molar-refractivity contribution in [1.29, 1.82) is 0 Å². The number of nitrogens with zero attached hydrogens (tertiary/aromatic N) is 2. The molecule has 1 aliphatic rings. The first-order valence-electron chi connectivity index (χ1n) is 4.78. The number of hydrogen-bond acceptors (Lipinski definition) is 5. The molecule has 0 bridgehead atoms. The summed E-state index contributed by atoms with van der Waals surface area (Å²) in [5.41, 5.74) is -0.103.